The van der Waals surface area contributed by atoms with Crippen LogP contribution in [-0.4, -0.2) is 26.9 Å². The molecule has 5 heteroatoms. The van der Waals surface area contributed by atoms with Gasteiger partial charge in [-0.05, 0) is 6.07 Å². The molecular formula is C12H16N4O. The van der Waals surface area contributed by atoms with E-state index in [4.69, 9.17) is 5.73 Å². The van der Waals surface area contributed by atoms with E-state index in [-0.39, 0.29) is 18.2 Å². The summed E-state index contributed by atoms with van der Waals surface area (Å²) in [5, 5.41) is 0. The minimum atomic E-state index is -0.106. The molecule has 17 heavy (non-hydrogen) atoms. The van der Waals surface area contributed by atoms with Gasteiger partial charge in [0.05, 0.1) is 6.54 Å². The van der Waals surface area contributed by atoms with E-state index in [1.54, 1.807) is 12.3 Å². The maximum Gasteiger partial charge on any atom is 0.178 e. The highest BCUT2D eigenvalue weighted by Crippen LogP contribution is 2.21. The molecule has 2 aromatic heterocycles. The number of imidazole rings is 1. The second-order valence-electron chi connectivity index (χ2n) is 4.34. The van der Waals surface area contributed by atoms with Gasteiger partial charge in [0.1, 0.15) is 11.3 Å². The van der Waals surface area contributed by atoms with Crippen molar-refractivity contribution in [3.05, 3.63) is 23.7 Å². The number of Topliss-reactive ketones (excluding diaryl/α,β-unsaturated/α-hetero) is 1. The fourth-order valence-electron chi connectivity index (χ4n) is 1.95. The van der Waals surface area contributed by atoms with Crippen molar-refractivity contribution in [2.75, 3.05) is 6.54 Å². The average molecular weight is 232 g/mol. The van der Waals surface area contributed by atoms with Gasteiger partial charge in [0.15, 0.2) is 11.4 Å². The molecule has 0 spiro atoms. The van der Waals surface area contributed by atoms with Crippen LogP contribution in [0.5, 0.6) is 0 Å². The highest BCUT2D eigenvalue weighted by molar-refractivity contribution is 6.06. The van der Waals surface area contributed by atoms with E-state index in [1.165, 1.54) is 0 Å². The van der Waals surface area contributed by atoms with Crippen molar-refractivity contribution in [2.45, 2.75) is 19.8 Å². The lowest BCUT2D eigenvalue weighted by molar-refractivity contribution is 0.100. The monoisotopic (exact) mass is 232 g/mol. The molecule has 0 saturated carbocycles. The largest absolute Gasteiger partial charge is 0.324 e. The fourth-order valence-corrected chi connectivity index (χ4v) is 1.95. The van der Waals surface area contributed by atoms with Gasteiger partial charge in [0.2, 0.25) is 0 Å². The summed E-state index contributed by atoms with van der Waals surface area (Å²) in [6.45, 7) is 4.12. The molecule has 2 rings (SSSR count). The van der Waals surface area contributed by atoms with Gasteiger partial charge in [-0.25, -0.2) is 9.97 Å². The molecular weight excluding hydrogens is 216 g/mol. The summed E-state index contributed by atoms with van der Waals surface area (Å²) in [6.07, 6.45) is 1.62. The Kier molecular flexibility index (Phi) is 2.93. The summed E-state index contributed by atoms with van der Waals surface area (Å²) < 4.78 is 1.92. The third-order valence-electron chi connectivity index (χ3n) is 2.79. The number of carbonyl (C=O) groups excluding carboxylic acids is 1. The van der Waals surface area contributed by atoms with Gasteiger partial charge >= 0.3 is 0 Å². The highest BCUT2D eigenvalue weighted by Gasteiger charge is 2.17. The summed E-state index contributed by atoms with van der Waals surface area (Å²) >= 11 is 0. The zero-order valence-electron chi connectivity index (χ0n) is 10.3. The summed E-state index contributed by atoms with van der Waals surface area (Å²) in [5.41, 5.74) is 7.33. The van der Waals surface area contributed by atoms with Gasteiger partial charge in [-0.1, -0.05) is 13.8 Å². The van der Waals surface area contributed by atoms with Crippen molar-refractivity contribution >= 4 is 16.9 Å². The van der Waals surface area contributed by atoms with Crippen molar-refractivity contribution in [1.29, 1.82) is 0 Å². The Labute approximate surface area is 99.7 Å². The number of fused-ring (bicyclic) bond motifs is 1. The Morgan fingerprint density at radius 3 is 2.82 bits per heavy atom. The van der Waals surface area contributed by atoms with Crippen LogP contribution in [0, 0.1) is 0 Å². The van der Waals surface area contributed by atoms with E-state index in [9.17, 15) is 4.79 Å². The van der Waals surface area contributed by atoms with Crippen LogP contribution >= 0.6 is 0 Å². The van der Waals surface area contributed by atoms with Crippen LogP contribution in [0.4, 0.5) is 0 Å². The second-order valence-corrected chi connectivity index (χ2v) is 4.34. The normalized spacial score (nSPS) is 11.4. The van der Waals surface area contributed by atoms with Crippen LogP contribution in [0.25, 0.3) is 11.2 Å². The van der Waals surface area contributed by atoms with Gasteiger partial charge in [0, 0.05) is 24.7 Å². The zero-order chi connectivity index (χ0) is 12.6. The van der Waals surface area contributed by atoms with Crippen LogP contribution < -0.4 is 5.73 Å². The second kappa shape index (κ2) is 4.25. The number of nitrogens with two attached hydrogens (primary N) is 1. The smallest absolute Gasteiger partial charge is 0.178 e. The molecule has 0 unspecified atom stereocenters. The highest BCUT2D eigenvalue weighted by atomic mass is 16.1. The number of nitrogens with zero attached hydrogens (tertiary/aromatic N) is 3. The number of rotatable bonds is 3. The first-order valence-electron chi connectivity index (χ1n) is 5.60. The average Bonchev–Trinajstić information content (AvgIpc) is 2.66. The Balaban J connectivity index is 2.73. The van der Waals surface area contributed by atoms with Crippen LogP contribution in [-0.2, 0) is 7.05 Å². The summed E-state index contributed by atoms with van der Waals surface area (Å²) in [4.78, 5) is 20.5. The molecule has 5 nitrogen and oxygen atoms in total. The Morgan fingerprint density at radius 1 is 1.53 bits per heavy atom. The van der Waals surface area contributed by atoms with Gasteiger partial charge in [0.25, 0.3) is 0 Å². The molecule has 0 radical (unpaired) electrons. The number of pyridine rings is 1. The molecule has 0 amide bonds. The molecule has 2 N–H and O–H groups in total. The first-order chi connectivity index (χ1) is 8.06. The molecule has 0 fully saturated rings. The summed E-state index contributed by atoms with van der Waals surface area (Å²) in [5.74, 6) is 1.10. The molecule has 0 atom stereocenters. The lowest BCUT2D eigenvalue weighted by Crippen LogP contribution is -2.14. The van der Waals surface area contributed by atoms with Crippen LogP contribution in [0.15, 0.2) is 12.3 Å². The number of hydrogen-bond donors (Lipinski definition) is 1. The van der Waals surface area contributed by atoms with Gasteiger partial charge in [-0.3, -0.25) is 4.79 Å². The van der Waals surface area contributed by atoms with Gasteiger partial charge in [-0.15, -0.1) is 0 Å². The Hall–Kier alpha value is -1.75. The van der Waals surface area contributed by atoms with Gasteiger partial charge < -0.3 is 10.3 Å². The van der Waals surface area contributed by atoms with Crippen LogP contribution in [0.3, 0.4) is 0 Å². The molecule has 90 valence electrons. The third-order valence-corrected chi connectivity index (χ3v) is 2.79. The number of aromatic nitrogens is 3. The quantitative estimate of drug-likeness (QED) is 0.808. The van der Waals surface area contributed by atoms with E-state index < -0.39 is 0 Å². The molecule has 0 aromatic carbocycles. The maximum atomic E-state index is 11.7. The van der Waals surface area contributed by atoms with E-state index in [0.29, 0.717) is 11.1 Å². The Bertz CT molecular complexity index is 571. The van der Waals surface area contributed by atoms with E-state index in [2.05, 4.69) is 23.8 Å². The van der Waals surface area contributed by atoms with Crippen LogP contribution in [0.1, 0.15) is 35.9 Å². The third kappa shape index (κ3) is 1.82. The van der Waals surface area contributed by atoms with Crippen molar-refractivity contribution in [3.63, 3.8) is 0 Å². The number of carbonyl (C=O) groups is 1. The van der Waals surface area contributed by atoms with Crippen molar-refractivity contribution in [2.24, 2.45) is 12.8 Å². The van der Waals surface area contributed by atoms with Gasteiger partial charge in [-0.2, -0.15) is 0 Å². The van der Waals surface area contributed by atoms with Crippen LogP contribution in [0.2, 0.25) is 0 Å². The van der Waals surface area contributed by atoms with Crippen molar-refractivity contribution < 1.29 is 4.79 Å². The number of ketones is 1. The van der Waals surface area contributed by atoms with E-state index >= 15 is 0 Å². The molecule has 0 aliphatic rings. The zero-order valence-corrected chi connectivity index (χ0v) is 10.3. The lowest BCUT2D eigenvalue weighted by atomic mass is 10.1. The van der Waals surface area contributed by atoms with Crippen molar-refractivity contribution in [1.82, 2.24) is 14.5 Å². The predicted octanol–water partition coefficient (Wildman–Crippen LogP) is 1.23. The minimum Gasteiger partial charge on any atom is -0.324 e. The molecule has 2 aromatic rings. The molecule has 0 bridgehead atoms. The molecule has 2 heterocycles. The topological polar surface area (TPSA) is 73.8 Å². The molecule has 0 aliphatic carbocycles. The maximum absolute atomic E-state index is 11.7. The predicted molar refractivity (Wildman–Crippen MR) is 66.0 cm³/mol. The first kappa shape index (κ1) is 11.7. The summed E-state index contributed by atoms with van der Waals surface area (Å²) in [7, 11) is 1.91. The fraction of sp³-hybridized carbons (Fsp3) is 0.417. The molecule has 0 saturated heterocycles. The SMILES string of the molecule is CC(C)c1nc2c(C(=O)CN)ccnc2n1C. The standard InChI is InChI=1S/C12H16N4O/c1-7(2)11-15-10-8(9(17)6-13)4-5-14-12(10)16(11)3/h4-5,7H,6,13H2,1-3H3. The van der Waals surface area contributed by atoms with E-state index in [0.717, 1.165) is 11.5 Å². The number of hydrogen-bond acceptors (Lipinski definition) is 4. The lowest BCUT2D eigenvalue weighted by Gasteiger charge is -2.03. The number of aryl methyl sites for hydroxylation is 1. The first-order valence-corrected chi connectivity index (χ1v) is 5.60. The van der Waals surface area contributed by atoms with E-state index in [1.807, 2.05) is 11.6 Å². The summed E-state index contributed by atoms with van der Waals surface area (Å²) in [6, 6.07) is 1.68. The minimum absolute atomic E-state index is 0.00724. The molecule has 0 aliphatic heterocycles. The van der Waals surface area contributed by atoms with Crippen molar-refractivity contribution in [3.8, 4) is 0 Å². The Morgan fingerprint density at radius 2 is 2.24 bits per heavy atom.